The Morgan fingerprint density at radius 1 is 1.21 bits per heavy atom. The van der Waals surface area contributed by atoms with E-state index in [0.29, 0.717) is 0 Å². The molecule has 5 nitrogen and oxygen atoms in total. The average molecular weight is 413 g/mol. The number of thiazole rings is 1. The fourth-order valence-electron chi connectivity index (χ4n) is 3.49. The predicted molar refractivity (Wildman–Crippen MR) is 111 cm³/mol. The highest BCUT2D eigenvalue weighted by Crippen LogP contribution is 2.33. The number of benzene rings is 1. The van der Waals surface area contributed by atoms with Gasteiger partial charge in [0.25, 0.3) is 5.91 Å². The third kappa shape index (κ3) is 3.86. The quantitative estimate of drug-likeness (QED) is 0.576. The van der Waals surface area contributed by atoms with E-state index >= 15 is 0 Å². The van der Waals surface area contributed by atoms with Crippen LogP contribution >= 0.6 is 22.7 Å². The van der Waals surface area contributed by atoms with Crippen molar-refractivity contribution < 1.29 is 14.3 Å². The summed E-state index contributed by atoms with van der Waals surface area (Å²) in [5, 5.41) is 4.42. The number of carbonyl (C=O) groups excluding carboxylic acids is 2. The summed E-state index contributed by atoms with van der Waals surface area (Å²) < 4.78 is 5.24. The Hall–Kier alpha value is -2.51. The molecular formula is C21H20N2O3S2. The van der Waals surface area contributed by atoms with Gasteiger partial charge in [0.05, 0.1) is 10.9 Å². The van der Waals surface area contributed by atoms with Crippen LogP contribution in [0.15, 0.2) is 47.2 Å². The molecule has 0 aliphatic heterocycles. The van der Waals surface area contributed by atoms with Crippen LogP contribution in [0, 0.1) is 0 Å². The topological polar surface area (TPSA) is 59.5 Å². The Balaban J connectivity index is 1.37. The standard InChI is InChI=1S/C21H20N2O3S2/c1-23(17-9-4-7-14-6-2-3-8-15(14)17)19(24)12-26-21(25)16-13-28-20(22-16)18-10-5-11-27-18/h2-3,5-6,8,10-11,13,17H,4,7,9,12H2,1H3/t17-/m0/s1. The van der Waals surface area contributed by atoms with E-state index in [4.69, 9.17) is 4.74 Å². The largest absolute Gasteiger partial charge is 0.451 e. The third-order valence-corrected chi connectivity index (χ3v) is 6.85. The minimum Gasteiger partial charge on any atom is -0.451 e. The van der Waals surface area contributed by atoms with E-state index in [0.717, 1.165) is 29.1 Å². The van der Waals surface area contributed by atoms with Gasteiger partial charge in [-0.3, -0.25) is 4.79 Å². The summed E-state index contributed by atoms with van der Waals surface area (Å²) in [6.07, 6.45) is 3.01. The first-order chi connectivity index (χ1) is 13.6. The first-order valence-corrected chi connectivity index (χ1v) is 10.9. The molecular weight excluding hydrogens is 392 g/mol. The van der Waals surface area contributed by atoms with E-state index in [1.54, 1.807) is 28.7 Å². The smallest absolute Gasteiger partial charge is 0.358 e. The number of carbonyl (C=O) groups is 2. The molecule has 0 unspecified atom stereocenters. The third-order valence-electron chi connectivity index (χ3n) is 4.97. The molecule has 0 spiro atoms. The number of likely N-dealkylation sites (N-methyl/N-ethyl adjacent to an activating group) is 1. The summed E-state index contributed by atoms with van der Waals surface area (Å²) in [5.74, 6) is -0.770. The molecule has 4 rings (SSSR count). The summed E-state index contributed by atoms with van der Waals surface area (Å²) in [6, 6.07) is 12.2. The monoisotopic (exact) mass is 412 g/mol. The molecule has 0 N–H and O–H groups in total. The van der Waals surface area contributed by atoms with Gasteiger partial charge >= 0.3 is 5.97 Å². The second-order valence-electron chi connectivity index (χ2n) is 6.70. The molecule has 28 heavy (non-hydrogen) atoms. The fourth-order valence-corrected chi connectivity index (χ4v) is 5.09. The van der Waals surface area contributed by atoms with Crippen molar-refractivity contribution in [3.8, 4) is 9.88 Å². The van der Waals surface area contributed by atoms with Crippen molar-refractivity contribution >= 4 is 34.6 Å². The normalized spacial score (nSPS) is 15.7. The molecule has 1 aromatic carbocycles. The number of ether oxygens (including phenoxy) is 1. The molecule has 7 heteroatoms. The Bertz CT molecular complexity index is 981. The van der Waals surface area contributed by atoms with Crippen molar-refractivity contribution in [3.63, 3.8) is 0 Å². The number of rotatable bonds is 5. The van der Waals surface area contributed by atoms with E-state index in [1.807, 2.05) is 29.6 Å². The highest BCUT2D eigenvalue weighted by atomic mass is 32.1. The minimum absolute atomic E-state index is 0.0286. The van der Waals surface area contributed by atoms with Crippen molar-refractivity contribution in [1.29, 1.82) is 0 Å². The number of amides is 1. The highest BCUT2D eigenvalue weighted by molar-refractivity contribution is 7.20. The summed E-state index contributed by atoms with van der Waals surface area (Å²) in [5.41, 5.74) is 2.72. The molecule has 0 fully saturated rings. The lowest BCUT2D eigenvalue weighted by Crippen LogP contribution is -2.36. The van der Waals surface area contributed by atoms with Gasteiger partial charge in [0.1, 0.15) is 5.01 Å². The van der Waals surface area contributed by atoms with Crippen LogP contribution in [-0.4, -0.2) is 35.4 Å². The molecule has 0 saturated carbocycles. The van der Waals surface area contributed by atoms with Crippen LogP contribution < -0.4 is 0 Å². The molecule has 1 atom stereocenters. The molecule has 144 valence electrons. The first-order valence-electron chi connectivity index (χ1n) is 9.13. The van der Waals surface area contributed by atoms with Crippen molar-refractivity contribution in [3.05, 3.63) is 64.0 Å². The van der Waals surface area contributed by atoms with Gasteiger partial charge in [-0.05, 0) is 41.8 Å². The van der Waals surface area contributed by atoms with E-state index in [1.165, 1.54) is 22.5 Å². The minimum atomic E-state index is -0.565. The Morgan fingerprint density at radius 2 is 2.07 bits per heavy atom. The maximum atomic E-state index is 12.6. The Kier molecular flexibility index (Phi) is 5.54. The summed E-state index contributed by atoms with van der Waals surface area (Å²) in [7, 11) is 1.78. The van der Waals surface area contributed by atoms with Gasteiger partial charge in [-0.25, -0.2) is 9.78 Å². The van der Waals surface area contributed by atoms with Gasteiger partial charge in [-0.1, -0.05) is 30.3 Å². The van der Waals surface area contributed by atoms with E-state index in [2.05, 4.69) is 17.1 Å². The second-order valence-corrected chi connectivity index (χ2v) is 8.51. The zero-order valence-corrected chi connectivity index (χ0v) is 17.1. The van der Waals surface area contributed by atoms with Crippen molar-refractivity contribution in [2.45, 2.75) is 25.3 Å². The van der Waals surface area contributed by atoms with Crippen LogP contribution in [0.2, 0.25) is 0 Å². The molecule has 0 saturated heterocycles. The van der Waals surface area contributed by atoms with Crippen LogP contribution in [0.3, 0.4) is 0 Å². The SMILES string of the molecule is CN(C(=O)COC(=O)c1csc(-c2cccs2)n1)[C@H]1CCCc2ccccc21. The van der Waals surface area contributed by atoms with Gasteiger partial charge in [0, 0.05) is 12.4 Å². The summed E-state index contributed by atoms with van der Waals surface area (Å²) in [4.78, 5) is 31.9. The molecule has 0 radical (unpaired) electrons. The number of fused-ring (bicyclic) bond motifs is 1. The van der Waals surface area contributed by atoms with Crippen LogP contribution in [0.5, 0.6) is 0 Å². The molecule has 2 aromatic heterocycles. The number of aromatic nitrogens is 1. The van der Waals surface area contributed by atoms with Crippen molar-refractivity contribution in [2.75, 3.05) is 13.7 Å². The van der Waals surface area contributed by atoms with Crippen LogP contribution in [0.1, 0.15) is 40.5 Å². The number of aryl methyl sites for hydroxylation is 1. The molecule has 1 aliphatic rings. The van der Waals surface area contributed by atoms with E-state index < -0.39 is 5.97 Å². The number of hydrogen-bond donors (Lipinski definition) is 0. The van der Waals surface area contributed by atoms with Crippen molar-refractivity contribution in [1.82, 2.24) is 9.88 Å². The van der Waals surface area contributed by atoms with Crippen LogP contribution in [0.4, 0.5) is 0 Å². The highest BCUT2D eigenvalue weighted by Gasteiger charge is 2.27. The molecule has 0 bridgehead atoms. The van der Waals surface area contributed by atoms with Crippen LogP contribution in [0.25, 0.3) is 9.88 Å². The lowest BCUT2D eigenvalue weighted by molar-refractivity contribution is -0.135. The van der Waals surface area contributed by atoms with Gasteiger partial charge in [-0.2, -0.15) is 0 Å². The number of thiophene rings is 1. The predicted octanol–water partition coefficient (Wildman–Crippen LogP) is 4.56. The van der Waals surface area contributed by atoms with Crippen molar-refractivity contribution in [2.24, 2.45) is 0 Å². The molecule has 1 aliphatic carbocycles. The fraction of sp³-hybridized carbons (Fsp3) is 0.286. The summed E-state index contributed by atoms with van der Waals surface area (Å²) >= 11 is 2.96. The first kappa shape index (κ1) is 18.8. The van der Waals surface area contributed by atoms with E-state index in [-0.39, 0.29) is 24.2 Å². The zero-order chi connectivity index (χ0) is 19.5. The molecule has 2 heterocycles. The van der Waals surface area contributed by atoms with Gasteiger partial charge in [0.15, 0.2) is 12.3 Å². The number of esters is 1. The summed E-state index contributed by atoms with van der Waals surface area (Å²) in [6.45, 7) is -0.278. The van der Waals surface area contributed by atoms with Crippen LogP contribution in [-0.2, 0) is 16.0 Å². The lowest BCUT2D eigenvalue weighted by Gasteiger charge is -2.33. The Morgan fingerprint density at radius 3 is 2.89 bits per heavy atom. The maximum absolute atomic E-state index is 12.6. The van der Waals surface area contributed by atoms with E-state index in [9.17, 15) is 9.59 Å². The number of nitrogens with zero attached hydrogens (tertiary/aromatic N) is 2. The van der Waals surface area contributed by atoms with Gasteiger partial charge in [-0.15, -0.1) is 22.7 Å². The lowest BCUT2D eigenvalue weighted by atomic mass is 9.87. The maximum Gasteiger partial charge on any atom is 0.358 e. The van der Waals surface area contributed by atoms with Gasteiger partial charge in [0.2, 0.25) is 0 Å². The Labute approximate surface area is 171 Å². The zero-order valence-electron chi connectivity index (χ0n) is 15.5. The molecule has 1 amide bonds. The average Bonchev–Trinajstić information content (AvgIpc) is 3.42. The second kappa shape index (κ2) is 8.24. The van der Waals surface area contributed by atoms with Gasteiger partial charge < -0.3 is 9.64 Å². The molecule has 3 aromatic rings. The number of hydrogen-bond acceptors (Lipinski definition) is 6.